The summed E-state index contributed by atoms with van der Waals surface area (Å²) in [6.45, 7) is 0.612. The lowest BCUT2D eigenvalue weighted by molar-refractivity contribution is -0.118. The van der Waals surface area contributed by atoms with E-state index in [0.717, 1.165) is 11.3 Å². The molecule has 0 aliphatic carbocycles. The summed E-state index contributed by atoms with van der Waals surface area (Å²) < 4.78 is 14.2. The predicted molar refractivity (Wildman–Crippen MR) is 65.1 cm³/mol. The van der Waals surface area contributed by atoms with Gasteiger partial charge in [-0.05, 0) is 17.7 Å². The van der Waals surface area contributed by atoms with Gasteiger partial charge in [0.2, 0.25) is 5.91 Å². The van der Waals surface area contributed by atoms with Crippen LogP contribution in [0.3, 0.4) is 0 Å². The highest BCUT2D eigenvalue weighted by molar-refractivity contribution is 5.73. The van der Waals surface area contributed by atoms with Gasteiger partial charge in [-0.1, -0.05) is 12.1 Å². The predicted octanol–water partition coefficient (Wildman–Crippen LogP) is 1.12. The Morgan fingerprint density at radius 2 is 2.11 bits per heavy atom. The Balaban J connectivity index is 1.92. The first-order valence-electron chi connectivity index (χ1n) is 5.42. The highest BCUT2D eigenvalue weighted by atomic mass is 19.1. The number of nitrogens with two attached hydrogens (primary N) is 1. The Hall–Kier alpha value is -2.37. The third-order valence-electron chi connectivity index (χ3n) is 2.36. The van der Waals surface area contributed by atoms with Gasteiger partial charge in [-0.25, -0.2) is 4.39 Å². The summed E-state index contributed by atoms with van der Waals surface area (Å²) in [5, 5.41) is 7.09. The SMILES string of the molecule is NC(=O)Cn1cc(NCc2ccc(F)cc2)cn1. The Bertz CT molecular complexity index is 535. The molecule has 0 saturated heterocycles. The summed E-state index contributed by atoms with van der Waals surface area (Å²) in [6.07, 6.45) is 3.29. The molecular weight excluding hydrogens is 235 g/mol. The van der Waals surface area contributed by atoms with E-state index in [1.807, 2.05) is 0 Å². The summed E-state index contributed by atoms with van der Waals surface area (Å²) in [5.74, 6) is -0.698. The van der Waals surface area contributed by atoms with Gasteiger partial charge < -0.3 is 11.1 Å². The van der Waals surface area contributed by atoms with Crippen LogP contribution in [-0.2, 0) is 17.9 Å². The Labute approximate surface area is 103 Å². The summed E-state index contributed by atoms with van der Waals surface area (Å²) in [7, 11) is 0. The monoisotopic (exact) mass is 248 g/mol. The summed E-state index contributed by atoms with van der Waals surface area (Å²) >= 11 is 0. The standard InChI is InChI=1S/C12H13FN4O/c13-10-3-1-9(2-4-10)5-15-11-6-16-17(7-11)8-12(14)18/h1-4,6-7,15H,5,8H2,(H2,14,18). The van der Waals surface area contributed by atoms with Crippen molar-refractivity contribution in [2.45, 2.75) is 13.1 Å². The smallest absolute Gasteiger partial charge is 0.239 e. The Morgan fingerprint density at radius 1 is 1.39 bits per heavy atom. The lowest BCUT2D eigenvalue weighted by Gasteiger charge is -2.03. The zero-order valence-electron chi connectivity index (χ0n) is 9.64. The molecular formula is C12H13FN4O. The van der Waals surface area contributed by atoms with Crippen LogP contribution in [0.1, 0.15) is 5.56 Å². The molecule has 1 heterocycles. The maximum absolute atomic E-state index is 12.7. The maximum Gasteiger partial charge on any atom is 0.239 e. The van der Waals surface area contributed by atoms with Crippen LogP contribution in [0.5, 0.6) is 0 Å². The minimum Gasteiger partial charge on any atom is -0.378 e. The van der Waals surface area contributed by atoms with Crippen LogP contribution in [0, 0.1) is 5.82 Å². The number of rotatable bonds is 5. The molecule has 0 bridgehead atoms. The number of carbonyl (C=O) groups is 1. The van der Waals surface area contributed by atoms with E-state index < -0.39 is 5.91 Å². The maximum atomic E-state index is 12.7. The van der Waals surface area contributed by atoms with Crippen LogP contribution in [0.15, 0.2) is 36.7 Å². The van der Waals surface area contributed by atoms with Crippen LogP contribution in [0.4, 0.5) is 10.1 Å². The van der Waals surface area contributed by atoms with E-state index in [2.05, 4.69) is 10.4 Å². The van der Waals surface area contributed by atoms with Crippen molar-refractivity contribution in [1.82, 2.24) is 9.78 Å². The second-order valence-corrected chi connectivity index (χ2v) is 3.87. The first-order chi connectivity index (χ1) is 8.63. The molecule has 0 fully saturated rings. The Kier molecular flexibility index (Phi) is 3.57. The van der Waals surface area contributed by atoms with Crippen molar-refractivity contribution in [2.24, 2.45) is 5.73 Å². The van der Waals surface area contributed by atoms with Gasteiger partial charge in [-0.2, -0.15) is 5.10 Å². The molecule has 1 aromatic carbocycles. The lowest BCUT2D eigenvalue weighted by Crippen LogP contribution is -2.18. The average molecular weight is 248 g/mol. The molecule has 18 heavy (non-hydrogen) atoms. The van der Waals surface area contributed by atoms with E-state index in [0.29, 0.717) is 6.54 Å². The van der Waals surface area contributed by atoms with E-state index in [-0.39, 0.29) is 12.4 Å². The second-order valence-electron chi connectivity index (χ2n) is 3.87. The number of nitrogens with zero attached hydrogens (tertiary/aromatic N) is 2. The third kappa shape index (κ3) is 3.31. The minimum atomic E-state index is -0.441. The summed E-state index contributed by atoms with van der Waals surface area (Å²) in [6, 6.07) is 6.23. The molecule has 0 spiro atoms. The quantitative estimate of drug-likeness (QED) is 0.832. The number of nitrogens with one attached hydrogen (secondary N) is 1. The van der Waals surface area contributed by atoms with Crippen molar-refractivity contribution < 1.29 is 9.18 Å². The van der Waals surface area contributed by atoms with Crippen molar-refractivity contribution in [3.05, 3.63) is 48.0 Å². The first-order valence-corrected chi connectivity index (χ1v) is 5.42. The number of primary amides is 1. The van der Waals surface area contributed by atoms with Gasteiger partial charge in [-0.3, -0.25) is 9.48 Å². The molecule has 0 saturated carbocycles. The number of hydrogen-bond acceptors (Lipinski definition) is 3. The zero-order valence-corrected chi connectivity index (χ0v) is 9.64. The molecule has 0 aliphatic heterocycles. The molecule has 0 radical (unpaired) electrons. The fourth-order valence-electron chi connectivity index (χ4n) is 1.51. The molecule has 0 atom stereocenters. The van der Waals surface area contributed by atoms with Gasteiger partial charge in [-0.15, -0.1) is 0 Å². The van der Waals surface area contributed by atoms with Crippen molar-refractivity contribution >= 4 is 11.6 Å². The fraction of sp³-hybridized carbons (Fsp3) is 0.167. The number of halogens is 1. The molecule has 6 heteroatoms. The molecule has 0 unspecified atom stereocenters. The fourth-order valence-corrected chi connectivity index (χ4v) is 1.51. The van der Waals surface area contributed by atoms with Gasteiger partial charge >= 0.3 is 0 Å². The molecule has 3 N–H and O–H groups in total. The highest BCUT2D eigenvalue weighted by Crippen LogP contribution is 2.08. The molecule has 1 amide bonds. The summed E-state index contributed by atoms with van der Waals surface area (Å²) in [5.41, 5.74) is 6.79. The third-order valence-corrected chi connectivity index (χ3v) is 2.36. The zero-order chi connectivity index (χ0) is 13.0. The molecule has 2 aromatic rings. The van der Waals surface area contributed by atoms with E-state index in [1.165, 1.54) is 16.8 Å². The highest BCUT2D eigenvalue weighted by Gasteiger charge is 2.01. The molecule has 5 nitrogen and oxygen atoms in total. The van der Waals surface area contributed by atoms with Crippen LogP contribution in [0.25, 0.3) is 0 Å². The van der Waals surface area contributed by atoms with Gasteiger partial charge in [0.1, 0.15) is 12.4 Å². The van der Waals surface area contributed by atoms with Crippen molar-refractivity contribution in [2.75, 3.05) is 5.32 Å². The van der Waals surface area contributed by atoms with Crippen LogP contribution in [0.2, 0.25) is 0 Å². The minimum absolute atomic E-state index is 0.0538. The number of benzene rings is 1. The van der Waals surface area contributed by atoms with Crippen LogP contribution >= 0.6 is 0 Å². The lowest BCUT2D eigenvalue weighted by atomic mass is 10.2. The average Bonchev–Trinajstić information content (AvgIpc) is 2.75. The first kappa shape index (κ1) is 12.1. The molecule has 94 valence electrons. The number of aromatic nitrogens is 2. The van der Waals surface area contributed by atoms with Gasteiger partial charge in [0.25, 0.3) is 0 Å². The van der Waals surface area contributed by atoms with E-state index in [1.54, 1.807) is 24.5 Å². The topological polar surface area (TPSA) is 72.9 Å². The van der Waals surface area contributed by atoms with Gasteiger partial charge in [0.15, 0.2) is 0 Å². The van der Waals surface area contributed by atoms with E-state index in [4.69, 9.17) is 5.73 Å². The van der Waals surface area contributed by atoms with Crippen molar-refractivity contribution in [1.29, 1.82) is 0 Å². The number of hydrogen-bond donors (Lipinski definition) is 2. The number of anilines is 1. The van der Waals surface area contributed by atoms with Crippen molar-refractivity contribution in [3.63, 3.8) is 0 Å². The molecule has 1 aromatic heterocycles. The Morgan fingerprint density at radius 3 is 2.78 bits per heavy atom. The van der Waals surface area contributed by atoms with Gasteiger partial charge in [0, 0.05) is 12.7 Å². The van der Waals surface area contributed by atoms with Crippen molar-refractivity contribution in [3.8, 4) is 0 Å². The molecule has 0 aliphatic rings. The largest absolute Gasteiger partial charge is 0.378 e. The van der Waals surface area contributed by atoms with Crippen LogP contribution < -0.4 is 11.1 Å². The van der Waals surface area contributed by atoms with E-state index >= 15 is 0 Å². The second kappa shape index (κ2) is 5.31. The molecule has 2 rings (SSSR count). The van der Waals surface area contributed by atoms with Crippen LogP contribution in [-0.4, -0.2) is 15.7 Å². The normalized spacial score (nSPS) is 10.3. The van der Waals surface area contributed by atoms with E-state index in [9.17, 15) is 9.18 Å². The van der Waals surface area contributed by atoms with Gasteiger partial charge in [0.05, 0.1) is 11.9 Å². The number of amides is 1. The summed E-state index contributed by atoms with van der Waals surface area (Å²) in [4.78, 5) is 10.7. The number of carbonyl (C=O) groups excluding carboxylic acids is 1.